The van der Waals surface area contributed by atoms with E-state index in [0.29, 0.717) is 26.9 Å². The number of nitrogens with zero attached hydrogens (tertiary/aromatic N) is 3. The van der Waals surface area contributed by atoms with E-state index >= 15 is 0 Å². The molecule has 0 bridgehead atoms. The highest BCUT2D eigenvalue weighted by molar-refractivity contribution is 7.98. The SMILES string of the molecule is CC(=O)Nc1nc(CSc2nc3ccccc3c(=O)n2-c2cc(C)cc(C)c2)cs1. The molecule has 0 aliphatic rings. The van der Waals surface area contributed by atoms with Crippen molar-refractivity contribution in [3.05, 3.63) is 75.0 Å². The van der Waals surface area contributed by atoms with Crippen molar-refractivity contribution in [3.8, 4) is 5.69 Å². The van der Waals surface area contributed by atoms with Gasteiger partial charge in [0.1, 0.15) is 0 Å². The standard InChI is InChI=1S/C22H20N4O2S2/c1-13-8-14(2)10-17(9-13)26-20(28)18-6-4-5-7-19(18)25-22(26)30-12-16-11-29-21(24-16)23-15(3)27/h4-11H,12H2,1-3H3,(H,23,24,27). The van der Waals surface area contributed by atoms with Gasteiger partial charge >= 0.3 is 0 Å². The Kier molecular flexibility index (Phi) is 5.69. The first kappa shape index (κ1) is 20.3. The highest BCUT2D eigenvalue weighted by Crippen LogP contribution is 2.27. The molecular weight excluding hydrogens is 416 g/mol. The number of nitrogens with one attached hydrogen (secondary N) is 1. The fourth-order valence-corrected chi connectivity index (χ4v) is 5.00. The minimum Gasteiger partial charge on any atom is -0.302 e. The first-order valence-electron chi connectivity index (χ1n) is 9.36. The lowest BCUT2D eigenvalue weighted by molar-refractivity contribution is -0.114. The molecule has 2 aromatic carbocycles. The van der Waals surface area contributed by atoms with Gasteiger partial charge in [0.2, 0.25) is 5.91 Å². The van der Waals surface area contributed by atoms with Gasteiger partial charge in [-0.25, -0.2) is 9.97 Å². The zero-order valence-electron chi connectivity index (χ0n) is 16.8. The Labute approximate surface area is 182 Å². The fourth-order valence-electron chi connectivity index (χ4n) is 3.24. The van der Waals surface area contributed by atoms with Crippen molar-refractivity contribution in [2.75, 3.05) is 5.32 Å². The van der Waals surface area contributed by atoms with Gasteiger partial charge in [0.25, 0.3) is 5.56 Å². The second-order valence-corrected chi connectivity index (χ2v) is 8.81. The molecule has 0 saturated heterocycles. The highest BCUT2D eigenvalue weighted by Gasteiger charge is 2.15. The number of aryl methyl sites for hydroxylation is 2. The Balaban J connectivity index is 1.77. The Bertz CT molecular complexity index is 1290. The molecule has 8 heteroatoms. The van der Waals surface area contributed by atoms with E-state index in [2.05, 4.69) is 16.4 Å². The lowest BCUT2D eigenvalue weighted by Crippen LogP contribution is -2.22. The number of hydrogen-bond acceptors (Lipinski definition) is 6. The molecule has 0 aliphatic carbocycles. The summed E-state index contributed by atoms with van der Waals surface area (Å²) in [6.45, 7) is 5.49. The maximum Gasteiger partial charge on any atom is 0.266 e. The van der Waals surface area contributed by atoms with E-state index in [1.54, 1.807) is 10.6 Å². The minimum atomic E-state index is -0.150. The molecule has 0 unspecified atom stereocenters. The van der Waals surface area contributed by atoms with Crippen LogP contribution in [0.1, 0.15) is 23.7 Å². The van der Waals surface area contributed by atoms with Crippen molar-refractivity contribution in [1.82, 2.24) is 14.5 Å². The molecule has 152 valence electrons. The summed E-state index contributed by atoms with van der Waals surface area (Å²) in [5.41, 5.74) is 4.37. The number of amides is 1. The third-order valence-electron chi connectivity index (χ3n) is 4.39. The Hall–Kier alpha value is -2.97. The molecule has 2 aromatic heterocycles. The van der Waals surface area contributed by atoms with Crippen LogP contribution in [0.2, 0.25) is 0 Å². The van der Waals surface area contributed by atoms with Gasteiger partial charge in [-0.2, -0.15) is 0 Å². The monoisotopic (exact) mass is 436 g/mol. The Morgan fingerprint density at radius 1 is 1.13 bits per heavy atom. The number of hydrogen-bond donors (Lipinski definition) is 1. The maximum atomic E-state index is 13.4. The number of benzene rings is 2. The van der Waals surface area contributed by atoms with Crippen molar-refractivity contribution in [2.45, 2.75) is 31.7 Å². The summed E-state index contributed by atoms with van der Waals surface area (Å²) in [5.74, 6) is 0.384. The average molecular weight is 437 g/mol. The lowest BCUT2D eigenvalue weighted by atomic mass is 10.1. The summed E-state index contributed by atoms with van der Waals surface area (Å²) in [7, 11) is 0. The quantitative estimate of drug-likeness (QED) is 0.362. The summed E-state index contributed by atoms with van der Waals surface area (Å²) in [6, 6.07) is 13.4. The second-order valence-electron chi connectivity index (χ2n) is 7.01. The summed E-state index contributed by atoms with van der Waals surface area (Å²) in [6.07, 6.45) is 0. The van der Waals surface area contributed by atoms with Gasteiger partial charge in [-0.3, -0.25) is 14.2 Å². The van der Waals surface area contributed by atoms with Crippen LogP contribution >= 0.6 is 23.1 Å². The van der Waals surface area contributed by atoms with Crippen LogP contribution in [0.25, 0.3) is 16.6 Å². The van der Waals surface area contributed by atoms with E-state index < -0.39 is 0 Å². The third kappa shape index (κ3) is 4.29. The molecule has 1 N–H and O–H groups in total. The van der Waals surface area contributed by atoms with Gasteiger partial charge in [0.15, 0.2) is 10.3 Å². The van der Waals surface area contributed by atoms with E-state index in [-0.39, 0.29) is 11.5 Å². The summed E-state index contributed by atoms with van der Waals surface area (Å²) in [5, 5.41) is 6.36. The number of carbonyl (C=O) groups is 1. The molecule has 0 atom stereocenters. The van der Waals surface area contributed by atoms with Crippen LogP contribution in [0.15, 0.2) is 57.8 Å². The molecule has 4 rings (SSSR count). The van der Waals surface area contributed by atoms with Gasteiger partial charge in [-0.1, -0.05) is 30.0 Å². The molecule has 0 spiro atoms. The number of aromatic nitrogens is 3. The van der Waals surface area contributed by atoms with Crippen molar-refractivity contribution < 1.29 is 4.79 Å². The molecule has 2 heterocycles. The van der Waals surface area contributed by atoms with Gasteiger partial charge in [0, 0.05) is 18.1 Å². The Morgan fingerprint density at radius 2 is 1.87 bits per heavy atom. The second kappa shape index (κ2) is 8.41. The number of fused-ring (bicyclic) bond motifs is 1. The highest BCUT2D eigenvalue weighted by atomic mass is 32.2. The van der Waals surface area contributed by atoms with Gasteiger partial charge in [-0.15, -0.1) is 11.3 Å². The van der Waals surface area contributed by atoms with Gasteiger partial charge in [0.05, 0.1) is 22.3 Å². The number of carbonyl (C=O) groups excluding carboxylic acids is 1. The molecule has 0 radical (unpaired) electrons. The smallest absolute Gasteiger partial charge is 0.266 e. The molecule has 0 saturated carbocycles. The molecule has 1 amide bonds. The Morgan fingerprint density at radius 3 is 2.60 bits per heavy atom. The third-order valence-corrected chi connectivity index (χ3v) is 6.17. The predicted octanol–water partition coefficient (Wildman–Crippen LogP) is 4.71. The zero-order valence-corrected chi connectivity index (χ0v) is 18.4. The minimum absolute atomic E-state index is 0.0923. The van der Waals surface area contributed by atoms with E-state index in [9.17, 15) is 9.59 Å². The topological polar surface area (TPSA) is 76.9 Å². The van der Waals surface area contributed by atoms with E-state index in [1.807, 2.05) is 49.6 Å². The van der Waals surface area contributed by atoms with Crippen molar-refractivity contribution in [3.63, 3.8) is 0 Å². The van der Waals surface area contributed by atoms with Crippen LogP contribution in [0, 0.1) is 13.8 Å². The first-order valence-corrected chi connectivity index (χ1v) is 11.2. The number of thiazole rings is 1. The molecule has 0 aliphatic heterocycles. The van der Waals surface area contributed by atoms with Crippen LogP contribution in [0.3, 0.4) is 0 Å². The summed E-state index contributed by atoms with van der Waals surface area (Å²) < 4.78 is 1.67. The maximum absolute atomic E-state index is 13.4. The zero-order chi connectivity index (χ0) is 21.3. The normalized spacial score (nSPS) is 11.0. The predicted molar refractivity (Wildman–Crippen MR) is 123 cm³/mol. The number of thioether (sulfide) groups is 1. The molecule has 6 nitrogen and oxygen atoms in total. The molecular formula is C22H20N4O2S2. The number of para-hydroxylation sites is 1. The molecule has 30 heavy (non-hydrogen) atoms. The summed E-state index contributed by atoms with van der Waals surface area (Å²) in [4.78, 5) is 33.8. The van der Waals surface area contributed by atoms with Crippen molar-refractivity contribution in [1.29, 1.82) is 0 Å². The lowest BCUT2D eigenvalue weighted by Gasteiger charge is -2.14. The van der Waals surface area contributed by atoms with Crippen LogP contribution in [0.4, 0.5) is 5.13 Å². The van der Waals surface area contributed by atoms with Crippen LogP contribution in [-0.4, -0.2) is 20.4 Å². The van der Waals surface area contributed by atoms with E-state index in [1.165, 1.54) is 30.0 Å². The van der Waals surface area contributed by atoms with Crippen LogP contribution in [0.5, 0.6) is 0 Å². The van der Waals surface area contributed by atoms with Crippen LogP contribution in [-0.2, 0) is 10.5 Å². The van der Waals surface area contributed by atoms with Crippen LogP contribution < -0.4 is 10.9 Å². The summed E-state index contributed by atoms with van der Waals surface area (Å²) >= 11 is 2.83. The average Bonchev–Trinajstić information content (AvgIpc) is 3.12. The number of rotatable bonds is 5. The van der Waals surface area contributed by atoms with Gasteiger partial charge < -0.3 is 5.32 Å². The number of anilines is 1. The molecule has 4 aromatic rings. The van der Waals surface area contributed by atoms with Crippen molar-refractivity contribution in [2.24, 2.45) is 0 Å². The molecule has 0 fully saturated rings. The van der Waals surface area contributed by atoms with Gasteiger partial charge in [-0.05, 0) is 49.2 Å². The largest absolute Gasteiger partial charge is 0.302 e. The van der Waals surface area contributed by atoms with Crippen molar-refractivity contribution >= 4 is 45.0 Å². The van der Waals surface area contributed by atoms with E-state index in [4.69, 9.17) is 4.98 Å². The fraction of sp³-hybridized carbons (Fsp3) is 0.182. The van der Waals surface area contributed by atoms with E-state index in [0.717, 1.165) is 22.5 Å². The first-order chi connectivity index (χ1) is 14.4.